The molecule has 1 aliphatic heterocycles. The van der Waals surface area contributed by atoms with E-state index < -0.39 is 0 Å². The van der Waals surface area contributed by atoms with Crippen molar-refractivity contribution in [3.05, 3.63) is 29.6 Å². The van der Waals surface area contributed by atoms with Crippen LogP contribution < -0.4 is 5.73 Å². The van der Waals surface area contributed by atoms with Gasteiger partial charge in [0.05, 0.1) is 0 Å². The number of nitrogens with zero attached hydrogens (tertiary/aromatic N) is 1. The molecule has 0 aliphatic carbocycles. The van der Waals surface area contributed by atoms with Gasteiger partial charge in [0.25, 0.3) is 0 Å². The van der Waals surface area contributed by atoms with Crippen molar-refractivity contribution in [3.63, 3.8) is 0 Å². The average molecular weight is 208 g/mol. The maximum atomic E-state index is 5.60. The minimum atomic E-state index is 0.598. The largest absolute Gasteiger partial charge is 0.326 e. The van der Waals surface area contributed by atoms with Crippen LogP contribution in [0.2, 0.25) is 0 Å². The van der Waals surface area contributed by atoms with Crippen molar-refractivity contribution in [2.24, 2.45) is 5.73 Å². The third-order valence-electron chi connectivity index (χ3n) is 2.68. The van der Waals surface area contributed by atoms with E-state index in [1.807, 2.05) is 12.4 Å². The molecule has 0 spiro atoms. The molecule has 1 unspecified atom stereocenters. The molecule has 1 aromatic heterocycles. The van der Waals surface area contributed by atoms with Gasteiger partial charge in [0.2, 0.25) is 0 Å². The zero-order chi connectivity index (χ0) is 9.80. The van der Waals surface area contributed by atoms with Gasteiger partial charge in [-0.15, -0.1) is 0 Å². The first-order valence-corrected chi connectivity index (χ1v) is 6.27. The van der Waals surface area contributed by atoms with Gasteiger partial charge in [-0.1, -0.05) is 6.07 Å². The summed E-state index contributed by atoms with van der Waals surface area (Å²) in [5, 5.41) is 0. The highest BCUT2D eigenvalue weighted by molar-refractivity contribution is 7.99. The highest BCUT2D eigenvalue weighted by Gasteiger charge is 2.15. The van der Waals surface area contributed by atoms with Gasteiger partial charge in [0.15, 0.2) is 0 Å². The first-order valence-electron chi connectivity index (χ1n) is 5.12. The summed E-state index contributed by atoms with van der Waals surface area (Å²) in [5.74, 6) is 3.27. The van der Waals surface area contributed by atoms with Crippen LogP contribution in [0.3, 0.4) is 0 Å². The number of rotatable bonds is 2. The summed E-state index contributed by atoms with van der Waals surface area (Å²) >= 11 is 2.05. The average Bonchev–Trinajstić information content (AvgIpc) is 2.30. The van der Waals surface area contributed by atoms with E-state index >= 15 is 0 Å². The van der Waals surface area contributed by atoms with Crippen LogP contribution in [0.25, 0.3) is 0 Å². The Labute approximate surface area is 89.3 Å². The first-order chi connectivity index (χ1) is 6.90. The van der Waals surface area contributed by atoms with Gasteiger partial charge >= 0.3 is 0 Å². The van der Waals surface area contributed by atoms with Crippen LogP contribution in [0.1, 0.15) is 29.9 Å². The van der Waals surface area contributed by atoms with Crippen molar-refractivity contribution in [2.75, 3.05) is 11.5 Å². The van der Waals surface area contributed by atoms with Crippen LogP contribution in [0.4, 0.5) is 0 Å². The fourth-order valence-electron chi connectivity index (χ4n) is 1.85. The molecule has 1 aromatic rings. The Morgan fingerprint density at radius 1 is 1.50 bits per heavy atom. The standard InChI is InChI=1S/C11H16N2S/c12-5-9-4-11(7-13-6-9)10-2-1-3-14-8-10/h4,6-7,10H,1-3,5,8,12H2. The number of pyridine rings is 1. The quantitative estimate of drug-likeness (QED) is 0.809. The van der Waals surface area contributed by atoms with Crippen molar-refractivity contribution in [1.82, 2.24) is 4.98 Å². The molecule has 1 saturated heterocycles. The third kappa shape index (κ3) is 2.28. The molecule has 0 aromatic carbocycles. The second-order valence-corrected chi connectivity index (χ2v) is 4.89. The number of hydrogen-bond acceptors (Lipinski definition) is 3. The van der Waals surface area contributed by atoms with E-state index in [9.17, 15) is 0 Å². The van der Waals surface area contributed by atoms with Gasteiger partial charge in [0.1, 0.15) is 0 Å². The lowest BCUT2D eigenvalue weighted by Gasteiger charge is -2.21. The van der Waals surface area contributed by atoms with Crippen molar-refractivity contribution in [2.45, 2.75) is 25.3 Å². The van der Waals surface area contributed by atoms with Crippen LogP contribution in [0, 0.1) is 0 Å². The summed E-state index contributed by atoms with van der Waals surface area (Å²) in [7, 11) is 0. The minimum Gasteiger partial charge on any atom is -0.326 e. The summed E-state index contributed by atoms with van der Waals surface area (Å²) in [4.78, 5) is 4.24. The van der Waals surface area contributed by atoms with E-state index in [2.05, 4.69) is 22.8 Å². The Hall–Kier alpha value is -0.540. The molecule has 2 rings (SSSR count). The topological polar surface area (TPSA) is 38.9 Å². The minimum absolute atomic E-state index is 0.598. The molecule has 0 amide bonds. The highest BCUT2D eigenvalue weighted by Crippen LogP contribution is 2.30. The molecule has 14 heavy (non-hydrogen) atoms. The van der Waals surface area contributed by atoms with Crippen LogP contribution in [0.15, 0.2) is 18.5 Å². The van der Waals surface area contributed by atoms with Gasteiger partial charge in [-0.25, -0.2) is 0 Å². The molecule has 0 bridgehead atoms. The molecule has 2 heterocycles. The van der Waals surface area contributed by atoms with Gasteiger partial charge in [0, 0.05) is 24.7 Å². The number of nitrogens with two attached hydrogens (primary N) is 1. The lowest BCUT2D eigenvalue weighted by molar-refractivity contribution is 0.656. The molecule has 1 fully saturated rings. The van der Waals surface area contributed by atoms with E-state index in [1.165, 1.54) is 29.9 Å². The molecule has 76 valence electrons. The fraction of sp³-hybridized carbons (Fsp3) is 0.545. The predicted octanol–water partition coefficient (Wildman–Crippen LogP) is 2.15. The first kappa shape index (κ1) is 9.99. The number of aromatic nitrogens is 1. The molecule has 3 heteroatoms. The van der Waals surface area contributed by atoms with E-state index in [0.29, 0.717) is 12.5 Å². The fourth-order valence-corrected chi connectivity index (χ4v) is 3.03. The SMILES string of the molecule is NCc1cncc(C2CCCSC2)c1. The molecular weight excluding hydrogens is 192 g/mol. The zero-order valence-electron chi connectivity index (χ0n) is 8.28. The summed E-state index contributed by atoms with van der Waals surface area (Å²) < 4.78 is 0. The normalized spacial score (nSPS) is 22.2. The Morgan fingerprint density at radius 2 is 2.43 bits per heavy atom. The number of thioether (sulfide) groups is 1. The zero-order valence-corrected chi connectivity index (χ0v) is 9.09. The monoisotopic (exact) mass is 208 g/mol. The molecule has 0 radical (unpaired) electrons. The van der Waals surface area contributed by atoms with Crippen LogP contribution in [-0.2, 0) is 6.54 Å². The molecule has 1 atom stereocenters. The lowest BCUT2D eigenvalue weighted by atomic mass is 9.96. The number of hydrogen-bond donors (Lipinski definition) is 1. The van der Waals surface area contributed by atoms with Gasteiger partial charge < -0.3 is 5.73 Å². The predicted molar refractivity (Wildman–Crippen MR) is 61.4 cm³/mol. The highest BCUT2D eigenvalue weighted by atomic mass is 32.2. The Kier molecular flexibility index (Phi) is 3.43. The van der Waals surface area contributed by atoms with Crippen molar-refractivity contribution >= 4 is 11.8 Å². The van der Waals surface area contributed by atoms with Crippen molar-refractivity contribution in [1.29, 1.82) is 0 Å². The van der Waals surface area contributed by atoms with Crippen molar-refractivity contribution < 1.29 is 0 Å². The molecular formula is C11H16N2S. The van der Waals surface area contributed by atoms with Crippen LogP contribution >= 0.6 is 11.8 Å². The van der Waals surface area contributed by atoms with Gasteiger partial charge in [-0.3, -0.25) is 4.98 Å². The van der Waals surface area contributed by atoms with Crippen LogP contribution in [0.5, 0.6) is 0 Å². The van der Waals surface area contributed by atoms with E-state index in [1.54, 1.807) is 0 Å². The Bertz CT molecular complexity index is 295. The van der Waals surface area contributed by atoms with E-state index in [4.69, 9.17) is 5.73 Å². The smallest absolute Gasteiger partial charge is 0.0312 e. The van der Waals surface area contributed by atoms with E-state index in [-0.39, 0.29) is 0 Å². The third-order valence-corrected chi connectivity index (χ3v) is 3.90. The Balaban J connectivity index is 2.13. The molecule has 2 nitrogen and oxygen atoms in total. The summed E-state index contributed by atoms with van der Waals surface area (Å²) in [6.45, 7) is 0.598. The van der Waals surface area contributed by atoms with Gasteiger partial charge in [-0.2, -0.15) is 11.8 Å². The van der Waals surface area contributed by atoms with Crippen LogP contribution in [-0.4, -0.2) is 16.5 Å². The Morgan fingerprint density at radius 3 is 3.14 bits per heavy atom. The second kappa shape index (κ2) is 4.80. The van der Waals surface area contributed by atoms with Crippen molar-refractivity contribution in [3.8, 4) is 0 Å². The molecule has 0 saturated carbocycles. The summed E-state index contributed by atoms with van der Waals surface area (Å²) in [5.41, 5.74) is 8.13. The van der Waals surface area contributed by atoms with Gasteiger partial charge in [-0.05, 0) is 35.6 Å². The maximum absolute atomic E-state index is 5.60. The molecule has 1 aliphatic rings. The maximum Gasteiger partial charge on any atom is 0.0312 e. The van der Waals surface area contributed by atoms with E-state index in [0.717, 1.165) is 5.56 Å². The summed E-state index contributed by atoms with van der Waals surface area (Å²) in [6.07, 6.45) is 6.50. The molecule has 2 N–H and O–H groups in total. The summed E-state index contributed by atoms with van der Waals surface area (Å²) in [6, 6.07) is 2.21. The lowest BCUT2D eigenvalue weighted by Crippen LogP contribution is -2.09. The second-order valence-electron chi connectivity index (χ2n) is 3.74.